The molecule has 1 fully saturated rings. The Hall–Kier alpha value is -4.63. The Balaban J connectivity index is 0.000000200. The number of benzene rings is 2. The SMILES string of the molecule is CC1OCC(O)C(NC(=O)C2=C(C(=O)O)CCCC2)C1O.COc1cccc2c1C(=O)c1c(O)c3c(c(O)c1C2=O)CC(C(=O)CO)CC3. The number of fused-ring (bicyclic) bond motifs is 3. The van der Waals surface area contributed by atoms with Crippen molar-refractivity contribution < 1.29 is 64.1 Å². The quantitative estimate of drug-likeness (QED) is 0.181. The normalized spacial score (nSPS) is 24.5. The van der Waals surface area contributed by atoms with Crippen LogP contribution in [0.3, 0.4) is 0 Å². The summed E-state index contributed by atoms with van der Waals surface area (Å²) in [7, 11) is 1.38. The van der Waals surface area contributed by atoms with Gasteiger partial charge in [-0.3, -0.25) is 19.2 Å². The molecule has 0 saturated carbocycles. The second-order valence-corrected chi connectivity index (χ2v) is 12.6. The second kappa shape index (κ2) is 14.5. The highest BCUT2D eigenvalue weighted by Crippen LogP contribution is 2.47. The number of carboxylic acid groups (broad SMARTS) is 1. The first kappa shape index (κ1) is 35.7. The number of carbonyl (C=O) groups is 5. The third-order valence-electron chi connectivity index (χ3n) is 9.73. The van der Waals surface area contributed by atoms with Gasteiger partial charge in [0, 0.05) is 33.8 Å². The maximum atomic E-state index is 13.1. The number of carbonyl (C=O) groups excluding carboxylic acids is 4. The van der Waals surface area contributed by atoms with Crippen LogP contribution in [0.1, 0.15) is 82.0 Å². The number of phenolic OH excluding ortho intramolecular Hbond substituents is 2. The van der Waals surface area contributed by atoms with Crippen molar-refractivity contribution >= 4 is 29.2 Å². The molecule has 0 spiro atoms. The molecule has 2 aromatic carbocycles. The molecular formula is C35H39NO13. The molecule has 1 heterocycles. The Labute approximate surface area is 281 Å². The summed E-state index contributed by atoms with van der Waals surface area (Å²) in [4.78, 5) is 61.5. The van der Waals surface area contributed by atoms with Gasteiger partial charge < -0.3 is 45.4 Å². The zero-order valence-corrected chi connectivity index (χ0v) is 27.0. The van der Waals surface area contributed by atoms with Crippen molar-refractivity contribution in [3.05, 3.63) is 62.7 Å². The molecule has 5 unspecified atom stereocenters. The number of Topliss-reactive ketones (excluding diaryl/α,β-unsaturated/α-hetero) is 1. The summed E-state index contributed by atoms with van der Waals surface area (Å²) < 4.78 is 10.4. The van der Waals surface area contributed by atoms with Gasteiger partial charge in [-0.05, 0) is 57.9 Å². The maximum Gasteiger partial charge on any atom is 0.332 e. The van der Waals surface area contributed by atoms with E-state index >= 15 is 0 Å². The van der Waals surface area contributed by atoms with Crippen molar-refractivity contribution in [2.45, 2.75) is 76.2 Å². The molecule has 0 radical (unpaired) electrons. The van der Waals surface area contributed by atoms with Crippen LogP contribution in [0.15, 0.2) is 29.3 Å². The predicted molar refractivity (Wildman–Crippen MR) is 170 cm³/mol. The van der Waals surface area contributed by atoms with Gasteiger partial charge in [0.1, 0.15) is 36.1 Å². The first-order chi connectivity index (χ1) is 23.3. The lowest BCUT2D eigenvalue weighted by molar-refractivity contribution is -0.144. The standard InChI is InChI=1S/C21H18O7.C14H21NO6/c1-28-14-4-2-3-11-15(14)21(27)17-16(19(11)25)20(26)12-7-9(13(23)8-22)5-6-10(12)18(17)24;1-7-12(17)11(10(16)6-21-7)15-13(18)8-4-2-3-5-9(8)14(19)20/h2-4,9,22,24,26H,5-8H2,1H3;7,10-12,16-17H,2-6H2,1H3,(H,15,18)(H,19,20). The molecule has 4 aliphatic rings. The van der Waals surface area contributed by atoms with Crippen molar-refractivity contribution in [1.29, 1.82) is 0 Å². The lowest BCUT2D eigenvalue weighted by Gasteiger charge is -2.37. The highest BCUT2D eigenvalue weighted by molar-refractivity contribution is 6.31. The van der Waals surface area contributed by atoms with Gasteiger partial charge in [0.15, 0.2) is 11.6 Å². The molecule has 14 heteroatoms. The number of ether oxygens (including phenoxy) is 2. The van der Waals surface area contributed by atoms with Crippen LogP contribution in [-0.2, 0) is 32.0 Å². The van der Waals surface area contributed by atoms with Crippen molar-refractivity contribution in [2.24, 2.45) is 5.92 Å². The summed E-state index contributed by atoms with van der Waals surface area (Å²) in [6.45, 7) is 1.06. The van der Waals surface area contributed by atoms with E-state index in [9.17, 15) is 44.4 Å². The Bertz CT molecular complexity index is 1750. The monoisotopic (exact) mass is 681 g/mol. The van der Waals surface area contributed by atoms with Crippen LogP contribution in [0.5, 0.6) is 17.2 Å². The summed E-state index contributed by atoms with van der Waals surface area (Å²) in [6.07, 6.45) is 0.441. The van der Waals surface area contributed by atoms with Gasteiger partial charge in [0.05, 0.1) is 42.6 Å². The van der Waals surface area contributed by atoms with E-state index < -0.39 is 60.3 Å². The fraction of sp³-hybridized carbons (Fsp3) is 0.457. The molecule has 0 bridgehead atoms. The van der Waals surface area contributed by atoms with E-state index in [0.717, 1.165) is 12.8 Å². The average molecular weight is 682 g/mol. The van der Waals surface area contributed by atoms with Crippen LogP contribution in [-0.4, -0.2) is 105 Å². The highest BCUT2D eigenvalue weighted by atomic mass is 16.5. The Kier molecular flexibility index (Phi) is 10.5. The lowest BCUT2D eigenvalue weighted by atomic mass is 9.75. The summed E-state index contributed by atoms with van der Waals surface area (Å²) in [5.41, 5.74) is 0.672. The minimum absolute atomic E-state index is 0.0218. The molecule has 1 aliphatic heterocycles. The van der Waals surface area contributed by atoms with E-state index in [2.05, 4.69) is 5.32 Å². The fourth-order valence-electron chi connectivity index (χ4n) is 7.00. The molecule has 2 aromatic rings. The molecule has 6 rings (SSSR count). The predicted octanol–water partition coefficient (Wildman–Crippen LogP) is 1.11. The summed E-state index contributed by atoms with van der Waals surface area (Å²) >= 11 is 0. The van der Waals surface area contributed by atoms with Gasteiger partial charge in [-0.2, -0.15) is 0 Å². The van der Waals surface area contributed by atoms with Crippen LogP contribution < -0.4 is 10.1 Å². The van der Waals surface area contributed by atoms with E-state index in [1.54, 1.807) is 19.1 Å². The number of aliphatic hydroxyl groups excluding tert-OH is 3. The molecule has 262 valence electrons. The number of carboxylic acids is 1. The zero-order valence-electron chi connectivity index (χ0n) is 27.0. The highest BCUT2D eigenvalue weighted by Gasteiger charge is 2.41. The number of aliphatic carboxylic acids is 1. The number of phenols is 2. The van der Waals surface area contributed by atoms with Crippen molar-refractivity contribution in [3.63, 3.8) is 0 Å². The first-order valence-corrected chi connectivity index (χ1v) is 16.1. The molecule has 49 heavy (non-hydrogen) atoms. The van der Waals surface area contributed by atoms with Crippen LogP contribution in [0.4, 0.5) is 0 Å². The smallest absolute Gasteiger partial charge is 0.332 e. The molecule has 7 N–H and O–H groups in total. The summed E-state index contributed by atoms with van der Waals surface area (Å²) in [5.74, 6) is -4.17. The Morgan fingerprint density at radius 2 is 1.59 bits per heavy atom. The minimum Gasteiger partial charge on any atom is -0.507 e. The number of methoxy groups -OCH3 is 1. The summed E-state index contributed by atoms with van der Waals surface area (Å²) in [6, 6.07) is 3.73. The molecule has 3 aliphatic carbocycles. The number of rotatable bonds is 6. The summed E-state index contributed by atoms with van der Waals surface area (Å²) in [5, 5.41) is 62.3. The molecule has 0 aromatic heterocycles. The number of aromatic hydroxyl groups is 2. The largest absolute Gasteiger partial charge is 0.507 e. The van der Waals surface area contributed by atoms with E-state index in [4.69, 9.17) is 19.7 Å². The van der Waals surface area contributed by atoms with Crippen molar-refractivity contribution in [1.82, 2.24) is 5.32 Å². The maximum absolute atomic E-state index is 13.1. The van der Waals surface area contributed by atoms with Crippen LogP contribution in [0, 0.1) is 5.92 Å². The van der Waals surface area contributed by atoms with Crippen molar-refractivity contribution in [3.8, 4) is 17.2 Å². The number of amides is 1. The van der Waals surface area contributed by atoms with Crippen LogP contribution >= 0.6 is 0 Å². The van der Waals surface area contributed by atoms with E-state index in [-0.39, 0.29) is 81.4 Å². The van der Waals surface area contributed by atoms with E-state index in [0.29, 0.717) is 24.8 Å². The van der Waals surface area contributed by atoms with Gasteiger partial charge >= 0.3 is 5.97 Å². The van der Waals surface area contributed by atoms with Crippen molar-refractivity contribution in [2.75, 3.05) is 20.3 Å². The first-order valence-electron chi connectivity index (χ1n) is 16.1. The molecule has 14 nitrogen and oxygen atoms in total. The number of hydrogen-bond acceptors (Lipinski definition) is 12. The van der Waals surface area contributed by atoms with Crippen LogP contribution in [0.2, 0.25) is 0 Å². The second-order valence-electron chi connectivity index (χ2n) is 12.6. The third kappa shape index (κ3) is 6.56. The van der Waals surface area contributed by atoms with Gasteiger partial charge in [0.25, 0.3) is 0 Å². The van der Waals surface area contributed by atoms with Crippen LogP contribution in [0.25, 0.3) is 0 Å². The number of nitrogens with one attached hydrogen (secondary N) is 1. The molecule has 1 amide bonds. The van der Waals surface area contributed by atoms with Gasteiger partial charge in [-0.25, -0.2) is 4.79 Å². The van der Waals surface area contributed by atoms with Gasteiger partial charge in [-0.15, -0.1) is 0 Å². The number of ketones is 3. The Morgan fingerprint density at radius 1 is 0.939 bits per heavy atom. The number of hydrogen-bond donors (Lipinski definition) is 7. The number of aliphatic hydroxyl groups is 3. The Morgan fingerprint density at radius 3 is 2.24 bits per heavy atom. The lowest BCUT2D eigenvalue weighted by Crippen LogP contribution is -2.60. The van der Waals surface area contributed by atoms with Gasteiger partial charge in [-0.1, -0.05) is 12.1 Å². The van der Waals surface area contributed by atoms with Gasteiger partial charge in [0.2, 0.25) is 11.7 Å². The topological polar surface area (TPSA) is 237 Å². The molecule has 1 saturated heterocycles. The van der Waals surface area contributed by atoms with E-state index in [1.807, 2.05) is 0 Å². The average Bonchev–Trinajstić information content (AvgIpc) is 3.11. The molecular weight excluding hydrogens is 642 g/mol. The molecule has 5 atom stereocenters. The fourth-order valence-corrected chi connectivity index (χ4v) is 7.00. The zero-order chi connectivity index (χ0) is 35.7. The third-order valence-corrected chi connectivity index (χ3v) is 9.73. The van der Waals surface area contributed by atoms with E-state index in [1.165, 1.54) is 13.2 Å². The minimum atomic E-state index is -1.08.